The lowest BCUT2D eigenvalue weighted by Crippen LogP contribution is -1.96. The second-order valence-corrected chi connectivity index (χ2v) is 4.44. The van der Waals surface area contributed by atoms with Crippen LogP contribution >= 0.6 is 0 Å². The van der Waals surface area contributed by atoms with E-state index in [2.05, 4.69) is 55.5 Å². The van der Waals surface area contributed by atoms with Crippen LogP contribution in [-0.2, 0) is 12.8 Å². The summed E-state index contributed by atoms with van der Waals surface area (Å²) in [7, 11) is 0. The molecule has 0 nitrogen and oxygen atoms in total. The van der Waals surface area contributed by atoms with Gasteiger partial charge in [-0.15, -0.1) is 0 Å². The zero-order valence-electron chi connectivity index (χ0n) is 10.4. The summed E-state index contributed by atoms with van der Waals surface area (Å²) >= 11 is 0. The lowest BCUT2D eigenvalue weighted by atomic mass is 9.97. The SMILES string of the molecule is CCCCc1[c]cccc1Cc1ccccc1. The minimum Gasteiger partial charge on any atom is -0.0654 e. The van der Waals surface area contributed by atoms with Crippen molar-refractivity contribution in [3.05, 3.63) is 71.3 Å². The summed E-state index contributed by atoms with van der Waals surface area (Å²) in [5, 5.41) is 0. The van der Waals surface area contributed by atoms with Gasteiger partial charge in [0.15, 0.2) is 0 Å². The van der Waals surface area contributed by atoms with Gasteiger partial charge in [0.1, 0.15) is 0 Å². The van der Waals surface area contributed by atoms with Crippen LogP contribution in [0.1, 0.15) is 36.5 Å². The Kier molecular flexibility index (Phi) is 4.37. The summed E-state index contributed by atoms with van der Waals surface area (Å²) in [6.45, 7) is 2.24. The molecule has 0 aliphatic heterocycles. The Balaban J connectivity index is 2.15. The fourth-order valence-electron chi connectivity index (χ4n) is 2.07. The maximum absolute atomic E-state index is 3.39. The number of benzene rings is 2. The lowest BCUT2D eigenvalue weighted by molar-refractivity contribution is 0.787. The van der Waals surface area contributed by atoms with Gasteiger partial charge < -0.3 is 0 Å². The first-order valence-corrected chi connectivity index (χ1v) is 6.42. The number of rotatable bonds is 5. The molecule has 17 heavy (non-hydrogen) atoms. The van der Waals surface area contributed by atoms with Gasteiger partial charge in [0.2, 0.25) is 0 Å². The quantitative estimate of drug-likeness (QED) is 0.704. The summed E-state index contributed by atoms with van der Waals surface area (Å²) in [5.74, 6) is 0. The molecule has 2 aromatic rings. The molecular formula is C17H19. The molecule has 2 aromatic carbocycles. The van der Waals surface area contributed by atoms with E-state index in [4.69, 9.17) is 0 Å². The van der Waals surface area contributed by atoms with Crippen molar-refractivity contribution in [3.63, 3.8) is 0 Å². The largest absolute Gasteiger partial charge is 0.0654 e. The third-order valence-electron chi connectivity index (χ3n) is 3.06. The van der Waals surface area contributed by atoms with Gasteiger partial charge in [0, 0.05) is 0 Å². The molecule has 0 atom stereocenters. The smallest absolute Gasteiger partial charge is 0.00228 e. The fourth-order valence-corrected chi connectivity index (χ4v) is 2.07. The molecule has 0 spiro atoms. The Morgan fingerprint density at radius 1 is 1.00 bits per heavy atom. The van der Waals surface area contributed by atoms with Gasteiger partial charge in [0.25, 0.3) is 0 Å². The second-order valence-electron chi connectivity index (χ2n) is 4.44. The molecular weight excluding hydrogens is 204 g/mol. The second kappa shape index (κ2) is 6.24. The van der Waals surface area contributed by atoms with Crippen molar-refractivity contribution in [2.45, 2.75) is 32.6 Å². The highest BCUT2D eigenvalue weighted by Crippen LogP contribution is 2.16. The zero-order chi connectivity index (χ0) is 11.9. The van der Waals surface area contributed by atoms with Crippen molar-refractivity contribution in [2.75, 3.05) is 0 Å². The van der Waals surface area contributed by atoms with Crippen molar-refractivity contribution in [3.8, 4) is 0 Å². The van der Waals surface area contributed by atoms with Crippen LogP contribution in [0.5, 0.6) is 0 Å². The van der Waals surface area contributed by atoms with Gasteiger partial charge >= 0.3 is 0 Å². The van der Waals surface area contributed by atoms with Gasteiger partial charge in [0.05, 0.1) is 0 Å². The van der Waals surface area contributed by atoms with Crippen LogP contribution in [0.15, 0.2) is 48.5 Å². The summed E-state index contributed by atoms with van der Waals surface area (Å²) in [5.41, 5.74) is 4.19. The van der Waals surface area contributed by atoms with E-state index in [9.17, 15) is 0 Å². The van der Waals surface area contributed by atoms with Crippen LogP contribution in [-0.4, -0.2) is 0 Å². The zero-order valence-corrected chi connectivity index (χ0v) is 10.4. The first-order valence-electron chi connectivity index (χ1n) is 6.42. The van der Waals surface area contributed by atoms with Gasteiger partial charge in [-0.25, -0.2) is 0 Å². The molecule has 0 heteroatoms. The highest BCUT2D eigenvalue weighted by Gasteiger charge is 2.02. The predicted molar refractivity (Wildman–Crippen MR) is 73.1 cm³/mol. The third kappa shape index (κ3) is 3.45. The van der Waals surface area contributed by atoms with Gasteiger partial charge in [-0.2, -0.15) is 0 Å². The van der Waals surface area contributed by atoms with Crippen molar-refractivity contribution >= 4 is 0 Å². The Labute approximate surface area is 104 Å². The first kappa shape index (κ1) is 11.9. The molecule has 0 fully saturated rings. The first-order chi connectivity index (χ1) is 8.40. The normalized spacial score (nSPS) is 10.4. The van der Waals surface area contributed by atoms with E-state index >= 15 is 0 Å². The molecule has 87 valence electrons. The molecule has 0 amide bonds. The summed E-state index contributed by atoms with van der Waals surface area (Å²) in [6, 6.07) is 20.4. The molecule has 0 saturated heterocycles. The summed E-state index contributed by atoms with van der Waals surface area (Å²) in [6.07, 6.45) is 4.67. The minimum atomic E-state index is 1.03. The van der Waals surface area contributed by atoms with Crippen molar-refractivity contribution in [1.82, 2.24) is 0 Å². The topological polar surface area (TPSA) is 0 Å². The van der Waals surface area contributed by atoms with E-state index in [0.717, 1.165) is 12.8 Å². The average Bonchev–Trinajstić information content (AvgIpc) is 2.39. The van der Waals surface area contributed by atoms with Gasteiger partial charge in [-0.3, -0.25) is 0 Å². The standard InChI is InChI=1S/C17H19/c1-2-3-11-16-12-7-8-13-17(16)14-15-9-5-4-6-10-15/h4-10,13H,2-3,11,14H2,1H3. The average molecular weight is 223 g/mol. The predicted octanol–water partition coefficient (Wildman–Crippen LogP) is 4.42. The van der Waals surface area contributed by atoms with E-state index < -0.39 is 0 Å². The van der Waals surface area contributed by atoms with Crippen molar-refractivity contribution in [2.24, 2.45) is 0 Å². The van der Waals surface area contributed by atoms with Crippen molar-refractivity contribution < 1.29 is 0 Å². The molecule has 0 aliphatic carbocycles. The molecule has 0 N–H and O–H groups in total. The molecule has 0 bridgehead atoms. The molecule has 2 rings (SSSR count). The van der Waals surface area contributed by atoms with E-state index in [1.807, 2.05) is 6.07 Å². The number of hydrogen-bond donors (Lipinski definition) is 0. The Bertz CT molecular complexity index is 443. The van der Waals surface area contributed by atoms with Crippen LogP contribution < -0.4 is 0 Å². The van der Waals surface area contributed by atoms with Crippen LogP contribution in [0.3, 0.4) is 0 Å². The summed E-state index contributed by atoms with van der Waals surface area (Å²) in [4.78, 5) is 0. The molecule has 0 saturated carbocycles. The van der Waals surface area contributed by atoms with E-state index in [1.54, 1.807) is 0 Å². The fraction of sp³-hybridized carbons (Fsp3) is 0.294. The molecule has 1 radical (unpaired) electrons. The Hall–Kier alpha value is -1.56. The number of aryl methyl sites for hydroxylation is 1. The lowest BCUT2D eigenvalue weighted by Gasteiger charge is -2.08. The van der Waals surface area contributed by atoms with E-state index in [1.165, 1.54) is 29.5 Å². The summed E-state index contributed by atoms with van der Waals surface area (Å²) < 4.78 is 0. The Morgan fingerprint density at radius 2 is 1.82 bits per heavy atom. The molecule has 0 heterocycles. The highest BCUT2D eigenvalue weighted by atomic mass is 14.1. The van der Waals surface area contributed by atoms with Gasteiger partial charge in [-0.05, 0) is 42.0 Å². The minimum absolute atomic E-state index is 1.03. The van der Waals surface area contributed by atoms with Crippen LogP contribution in [0, 0.1) is 6.07 Å². The van der Waals surface area contributed by atoms with Crippen LogP contribution in [0.25, 0.3) is 0 Å². The third-order valence-corrected chi connectivity index (χ3v) is 3.06. The molecule has 0 aromatic heterocycles. The van der Waals surface area contributed by atoms with Crippen LogP contribution in [0.4, 0.5) is 0 Å². The van der Waals surface area contributed by atoms with E-state index in [-0.39, 0.29) is 0 Å². The monoisotopic (exact) mass is 223 g/mol. The maximum Gasteiger partial charge on any atom is -0.00228 e. The van der Waals surface area contributed by atoms with Crippen LogP contribution in [0.2, 0.25) is 0 Å². The maximum atomic E-state index is 3.39. The van der Waals surface area contributed by atoms with Crippen molar-refractivity contribution in [1.29, 1.82) is 0 Å². The van der Waals surface area contributed by atoms with Gasteiger partial charge in [-0.1, -0.05) is 61.9 Å². The number of unbranched alkanes of at least 4 members (excludes halogenated alkanes) is 1. The van der Waals surface area contributed by atoms with E-state index in [0.29, 0.717) is 0 Å². The molecule has 0 aliphatic rings. The number of hydrogen-bond acceptors (Lipinski definition) is 0. The highest BCUT2D eigenvalue weighted by molar-refractivity contribution is 5.32. The molecule has 0 unspecified atom stereocenters. The Morgan fingerprint density at radius 3 is 2.59 bits per heavy atom.